The minimum absolute atomic E-state index is 0.0897. The van der Waals surface area contributed by atoms with E-state index in [1.165, 1.54) is 18.4 Å². The highest BCUT2D eigenvalue weighted by molar-refractivity contribution is 5.37. The first kappa shape index (κ1) is 12.4. The first-order valence-corrected chi connectivity index (χ1v) is 6.44. The molecule has 0 radical (unpaired) electrons. The van der Waals surface area contributed by atoms with Crippen molar-refractivity contribution in [3.8, 4) is 5.75 Å². The maximum atomic E-state index is 6.29. The zero-order chi connectivity index (χ0) is 12.3. The van der Waals surface area contributed by atoms with E-state index in [1.807, 2.05) is 13.0 Å². The van der Waals surface area contributed by atoms with Gasteiger partial charge in [-0.15, -0.1) is 0 Å². The third-order valence-electron chi connectivity index (χ3n) is 3.42. The van der Waals surface area contributed by atoms with Gasteiger partial charge in [0.05, 0.1) is 6.61 Å². The molecule has 1 saturated heterocycles. The molecule has 0 aromatic heterocycles. The second-order valence-electron chi connectivity index (χ2n) is 4.69. The average molecular weight is 234 g/mol. The number of rotatable bonds is 4. The number of aryl methyl sites for hydroxylation is 1. The van der Waals surface area contributed by atoms with Gasteiger partial charge in [-0.2, -0.15) is 0 Å². The monoisotopic (exact) mass is 234 g/mol. The molecule has 3 heteroatoms. The van der Waals surface area contributed by atoms with Crippen LogP contribution in [0.1, 0.15) is 36.9 Å². The van der Waals surface area contributed by atoms with Crippen LogP contribution in [-0.4, -0.2) is 19.2 Å². The van der Waals surface area contributed by atoms with Crippen LogP contribution in [-0.2, 0) is 0 Å². The van der Waals surface area contributed by atoms with E-state index in [4.69, 9.17) is 10.5 Å². The van der Waals surface area contributed by atoms with Crippen LogP contribution >= 0.6 is 0 Å². The molecule has 2 atom stereocenters. The van der Waals surface area contributed by atoms with Crippen molar-refractivity contribution in [1.82, 2.24) is 5.32 Å². The van der Waals surface area contributed by atoms with Gasteiger partial charge in [0.1, 0.15) is 5.75 Å². The van der Waals surface area contributed by atoms with Gasteiger partial charge >= 0.3 is 0 Å². The Balaban J connectivity index is 2.12. The molecule has 3 N–H and O–H groups in total. The Morgan fingerprint density at radius 2 is 2.35 bits per heavy atom. The third kappa shape index (κ3) is 2.79. The summed E-state index contributed by atoms with van der Waals surface area (Å²) in [6, 6.07) is 6.78. The van der Waals surface area contributed by atoms with Crippen molar-refractivity contribution in [2.45, 2.75) is 38.8 Å². The van der Waals surface area contributed by atoms with E-state index in [1.54, 1.807) is 0 Å². The van der Waals surface area contributed by atoms with Crippen molar-refractivity contribution < 1.29 is 4.74 Å². The lowest BCUT2D eigenvalue weighted by Crippen LogP contribution is -2.34. The van der Waals surface area contributed by atoms with Crippen LogP contribution in [0.4, 0.5) is 0 Å². The van der Waals surface area contributed by atoms with E-state index in [0.29, 0.717) is 12.6 Å². The average Bonchev–Trinajstić information content (AvgIpc) is 2.84. The maximum Gasteiger partial charge on any atom is 0.122 e. The molecule has 0 spiro atoms. The molecular formula is C14H22N2O. The molecule has 1 aromatic carbocycles. The predicted molar refractivity (Wildman–Crippen MR) is 70.3 cm³/mol. The van der Waals surface area contributed by atoms with Crippen LogP contribution in [0.15, 0.2) is 18.2 Å². The van der Waals surface area contributed by atoms with Gasteiger partial charge in [-0.1, -0.05) is 12.1 Å². The lowest BCUT2D eigenvalue weighted by molar-refractivity contribution is 0.337. The predicted octanol–water partition coefficient (Wildman–Crippen LogP) is 2.15. The summed E-state index contributed by atoms with van der Waals surface area (Å²) < 4.78 is 5.54. The molecule has 0 aliphatic carbocycles. The molecule has 1 heterocycles. The van der Waals surface area contributed by atoms with Gasteiger partial charge in [0.25, 0.3) is 0 Å². The summed E-state index contributed by atoms with van der Waals surface area (Å²) in [5.74, 6) is 0.961. The largest absolute Gasteiger partial charge is 0.494 e. The summed E-state index contributed by atoms with van der Waals surface area (Å²) in [6.07, 6.45) is 2.40. The fraction of sp³-hybridized carbons (Fsp3) is 0.571. The Morgan fingerprint density at radius 1 is 1.53 bits per heavy atom. The van der Waals surface area contributed by atoms with Crippen LogP contribution in [0.5, 0.6) is 5.75 Å². The normalized spacial score (nSPS) is 21.5. The van der Waals surface area contributed by atoms with E-state index in [2.05, 4.69) is 24.4 Å². The second-order valence-corrected chi connectivity index (χ2v) is 4.69. The molecule has 0 bridgehead atoms. The molecule has 17 heavy (non-hydrogen) atoms. The topological polar surface area (TPSA) is 47.3 Å². The molecule has 2 rings (SSSR count). The fourth-order valence-electron chi connectivity index (χ4n) is 2.45. The molecule has 1 aromatic rings. The Labute approximate surface area is 103 Å². The van der Waals surface area contributed by atoms with Crippen LogP contribution in [0.2, 0.25) is 0 Å². The Bertz CT molecular complexity index is 372. The van der Waals surface area contributed by atoms with Crippen molar-refractivity contribution in [2.75, 3.05) is 13.2 Å². The number of hydrogen-bond acceptors (Lipinski definition) is 3. The van der Waals surface area contributed by atoms with Crippen molar-refractivity contribution >= 4 is 0 Å². The van der Waals surface area contributed by atoms with Crippen molar-refractivity contribution in [3.63, 3.8) is 0 Å². The molecule has 1 aliphatic rings. The lowest BCUT2D eigenvalue weighted by atomic mass is 9.97. The Hall–Kier alpha value is -1.06. The van der Waals surface area contributed by atoms with E-state index >= 15 is 0 Å². The van der Waals surface area contributed by atoms with Crippen LogP contribution in [0, 0.1) is 6.92 Å². The quantitative estimate of drug-likeness (QED) is 0.839. The first-order chi connectivity index (χ1) is 8.22. The van der Waals surface area contributed by atoms with Gasteiger partial charge in [-0.25, -0.2) is 0 Å². The number of hydrogen-bond donors (Lipinski definition) is 2. The third-order valence-corrected chi connectivity index (χ3v) is 3.42. The summed E-state index contributed by atoms with van der Waals surface area (Å²) >= 11 is 0. The first-order valence-electron chi connectivity index (χ1n) is 6.44. The van der Waals surface area contributed by atoms with Crippen molar-refractivity contribution in [3.05, 3.63) is 29.3 Å². The zero-order valence-electron chi connectivity index (χ0n) is 10.7. The molecule has 0 amide bonds. The van der Waals surface area contributed by atoms with Crippen LogP contribution in [0.3, 0.4) is 0 Å². The number of ether oxygens (including phenoxy) is 1. The summed E-state index contributed by atoms with van der Waals surface area (Å²) in [6.45, 7) is 5.87. The SMILES string of the molecule is CCOc1ccc(C(N)C2CCCN2)cc1C. The van der Waals surface area contributed by atoms with Gasteiger partial charge in [-0.3, -0.25) is 0 Å². The molecule has 1 aliphatic heterocycles. The number of benzene rings is 1. The standard InChI is InChI=1S/C14H22N2O/c1-3-17-13-7-6-11(9-10(13)2)14(15)12-5-4-8-16-12/h6-7,9,12,14,16H,3-5,8,15H2,1-2H3. The van der Waals surface area contributed by atoms with E-state index in [0.717, 1.165) is 17.9 Å². The second kappa shape index (κ2) is 5.52. The number of nitrogens with two attached hydrogens (primary N) is 1. The van der Waals surface area contributed by atoms with Gasteiger partial charge in [0.2, 0.25) is 0 Å². The van der Waals surface area contributed by atoms with E-state index < -0.39 is 0 Å². The fourth-order valence-corrected chi connectivity index (χ4v) is 2.45. The van der Waals surface area contributed by atoms with Crippen molar-refractivity contribution in [2.24, 2.45) is 5.73 Å². The minimum atomic E-state index is 0.0897. The highest BCUT2D eigenvalue weighted by Gasteiger charge is 2.22. The summed E-state index contributed by atoms with van der Waals surface area (Å²) in [5, 5.41) is 3.46. The van der Waals surface area contributed by atoms with E-state index in [-0.39, 0.29) is 6.04 Å². The molecule has 2 unspecified atom stereocenters. The Kier molecular flexibility index (Phi) is 4.02. The molecule has 3 nitrogen and oxygen atoms in total. The van der Waals surface area contributed by atoms with E-state index in [9.17, 15) is 0 Å². The van der Waals surface area contributed by atoms with Gasteiger partial charge in [0.15, 0.2) is 0 Å². The lowest BCUT2D eigenvalue weighted by Gasteiger charge is -2.20. The van der Waals surface area contributed by atoms with Crippen molar-refractivity contribution in [1.29, 1.82) is 0 Å². The molecule has 1 fully saturated rings. The van der Waals surface area contributed by atoms with Crippen LogP contribution in [0.25, 0.3) is 0 Å². The minimum Gasteiger partial charge on any atom is -0.494 e. The summed E-state index contributed by atoms with van der Waals surface area (Å²) in [5.41, 5.74) is 8.65. The van der Waals surface area contributed by atoms with Gasteiger partial charge < -0.3 is 15.8 Å². The highest BCUT2D eigenvalue weighted by Crippen LogP contribution is 2.25. The smallest absolute Gasteiger partial charge is 0.122 e. The highest BCUT2D eigenvalue weighted by atomic mass is 16.5. The van der Waals surface area contributed by atoms with Gasteiger partial charge in [-0.05, 0) is 50.4 Å². The molecular weight excluding hydrogens is 212 g/mol. The molecule has 0 saturated carbocycles. The van der Waals surface area contributed by atoms with Gasteiger partial charge in [0, 0.05) is 12.1 Å². The zero-order valence-corrected chi connectivity index (χ0v) is 10.7. The summed E-state index contributed by atoms with van der Waals surface area (Å²) in [7, 11) is 0. The van der Waals surface area contributed by atoms with Crippen LogP contribution < -0.4 is 15.8 Å². The summed E-state index contributed by atoms with van der Waals surface area (Å²) in [4.78, 5) is 0. The number of nitrogens with one attached hydrogen (secondary N) is 1. The molecule has 94 valence electrons. The maximum absolute atomic E-state index is 6.29. The Morgan fingerprint density at radius 3 is 2.94 bits per heavy atom.